The molecule has 0 radical (unpaired) electrons. The van der Waals surface area contributed by atoms with Crippen LogP contribution in [0.1, 0.15) is 78.6 Å². The molecular formula is C18H30Al3O9+9. The van der Waals surface area contributed by atoms with E-state index in [9.17, 15) is 28.8 Å². The Balaban J connectivity index is -0.0000000686. The van der Waals surface area contributed by atoms with Crippen LogP contribution >= 0.6 is 0 Å². The van der Waals surface area contributed by atoms with Crippen molar-refractivity contribution < 1.29 is 44.1 Å². The zero-order valence-corrected chi connectivity index (χ0v) is 21.4. The molecule has 0 aliphatic rings. The van der Waals surface area contributed by atoms with Gasteiger partial charge in [0.25, 0.3) is 0 Å². The van der Waals surface area contributed by atoms with Crippen LogP contribution in [-0.2, 0) is 28.8 Å². The number of carbonyl (C=O) groups is 6. The molecule has 0 spiro atoms. The van der Waals surface area contributed by atoms with Crippen LogP contribution in [0.2, 0.25) is 0 Å². The minimum absolute atomic E-state index is 0. The molecule has 12 heteroatoms. The zero-order valence-electron chi connectivity index (χ0n) is 17.9. The van der Waals surface area contributed by atoms with Gasteiger partial charge in [-0.25, -0.2) is 0 Å². The molecule has 0 heterocycles. The summed E-state index contributed by atoms with van der Waals surface area (Å²) in [5.74, 6) is -3.67. The van der Waals surface area contributed by atoms with Gasteiger partial charge in [0.15, 0.2) is 0 Å². The van der Waals surface area contributed by atoms with E-state index in [2.05, 4.69) is 0 Å². The topological polar surface area (TPSA) is 163 Å². The van der Waals surface area contributed by atoms with Gasteiger partial charge in [0.2, 0.25) is 0 Å². The number of carboxylic acid groups (broad SMARTS) is 3. The molecule has 156 valence electrons. The Bertz CT molecular complexity index is 438. The maximum Gasteiger partial charge on any atom is 3.00 e. The van der Waals surface area contributed by atoms with Gasteiger partial charge in [-0.05, 0) is 19.3 Å². The van der Waals surface area contributed by atoms with Gasteiger partial charge in [0.05, 0.1) is 0 Å². The quantitative estimate of drug-likeness (QED) is 0.282. The Labute approximate surface area is 209 Å². The SMILES string of the molecule is CCCC(=O)CC(=O)O.CCCC(=O)CC(=O)O.CCCC(=O)CC(=O)O.[Al+3].[Al+3].[Al+3]. The standard InChI is InChI=1S/3C6H10O3.3Al/c3*1-2-3-5(7)4-6(8)9;;;/h3*2-4H2,1H3,(H,8,9);;;/q;;;3*+3. The second-order valence-electron chi connectivity index (χ2n) is 5.58. The largest absolute Gasteiger partial charge is 3.00 e. The average Bonchev–Trinajstić information content (AvgIpc) is 2.46. The van der Waals surface area contributed by atoms with Gasteiger partial charge in [-0.3, -0.25) is 28.8 Å². The smallest absolute Gasteiger partial charge is 0.481 e. The van der Waals surface area contributed by atoms with Crippen molar-refractivity contribution in [2.45, 2.75) is 78.6 Å². The van der Waals surface area contributed by atoms with Crippen LogP contribution in [0, 0.1) is 0 Å². The van der Waals surface area contributed by atoms with E-state index in [0.717, 1.165) is 19.3 Å². The molecule has 0 amide bonds. The van der Waals surface area contributed by atoms with Crippen molar-refractivity contribution >= 4 is 87.3 Å². The van der Waals surface area contributed by atoms with Crippen molar-refractivity contribution in [3.63, 3.8) is 0 Å². The summed E-state index contributed by atoms with van der Waals surface area (Å²) in [7, 11) is 0. The number of rotatable bonds is 12. The number of aliphatic carboxylic acids is 3. The van der Waals surface area contributed by atoms with Crippen LogP contribution in [0.15, 0.2) is 0 Å². The molecule has 0 aliphatic carbocycles. The summed E-state index contributed by atoms with van der Waals surface area (Å²) in [4.78, 5) is 61.0. The molecule has 0 atom stereocenters. The first-order chi connectivity index (χ1) is 12.5. The minimum atomic E-state index is -1.03. The van der Waals surface area contributed by atoms with Crippen LogP contribution in [0.4, 0.5) is 0 Å². The van der Waals surface area contributed by atoms with E-state index in [4.69, 9.17) is 15.3 Å². The average molecular weight is 471 g/mol. The van der Waals surface area contributed by atoms with Gasteiger partial charge in [0, 0.05) is 19.3 Å². The maximum absolute atomic E-state index is 10.5. The Morgan fingerprint density at radius 2 is 0.633 bits per heavy atom. The van der Waals surface area contributed by atoms with E-state index >= 15 is 0 Å². The van der Waals surface area contributed by atoms with Gasteiger partial charge in [-0.1, -0.05) is 20.8 Å². The molecule has 0 unspecified atom stereocenters. The number of hydrogen-bond acceptors (Lipinski definition) is 6. The fourth-order valence-corrected chi connectivity index (χ4v) is 1.61. The van der Waals surface area contributed by atoms with Crippen molar-refractivity contribution in [2.75, 3.05) is 0 Å². The molecule has 0 aliphatic heterocycles. The summed E-state index contributed by atoms with van der Waals surface area (Å²) in [6.07, 6.45) is 2.35. The maximum atomic E-state index is 10.5. The zero-order chi connectivity index (χ0) is 21.8. The summed E-state index contributed by atoms with van der Waals surface area (Å²) in [5, 5.41) is 24.3. The second kappa shape index (κ2) is 30.2. The van der Waals surface area contributed by atoms with E-state index < -0.39 is 17.9 Å². The van der Waals surface area contributed by atoms with Crippen molar-refractivity contribution in [1.82, 2.24) is 0 Å². The van der Waals surface area contributed by atoms with Crippen LogP contribution in [0.25, 0.3) is 0 Å². The molecule has 9 nitrogen and oxygen atoms in total. The third-order valence-electron chi connectivity index (χ3n) is 2.63. The monoisotopic (exact) mass is 471 g/mol. The van der Waals surface area contributed by atoms with E-state index in [1.54, 1.807) is 0 Å². The van der Waals surface area contributed by atoms with E-state index in [-0.39, 0.29) is 88.7 Å². The Morgan fingerprint density at radius 3 is 0.733 bits per heavy atom. The second-order valence-corrected chi connectivity index (χ2v) is 5.58. The molecule has 0 rings (SSSR count). The van der Waals surface area contributed by atoms with Gasteiger partial charge in [0.1, 0.15) is 36.6 Å². The van der Waals surface area contributed by atoms with Crippen molar-refractivity contribution in [2.24, 2.45) is 0 Å². The number of hydrogen-bond donors (Lipinski definition) is 3. The molecule has 0 aromatic heterocycles. The summed E-state index contributed by atoms with van der Waals surface area (Å²) < 4.78 is 0. The number of carboxylic acids is 3. The minimum Gasteiger partial charge on any atom is -0.481 e. The first kappa shape index (κ1) is 43.0. The van der Waals surface area contributed by atoms with Gasteiger partial charge < -0.3 is 15.3 Å². The summed E-state index contributed by atoms with van der Waals surface area (Å²) in [6, 6.07) is 0. The number of Topliss-reactive ketones (excluding diaryl/α,β-unsaturated/α-hetero) is 3. The summed E-state index contributed by atoms with van der Waals surface area (Å²) in [6.45, 7) is 5.54. The van der Waals surface area contributed by atoms with Crippen LogP contribution in [0.3, 0.4) is 0 Å². The van der Waals surface area contributed by atoms with Crippen LogP contribution in [0.5, 0.6) is 0 Å². The van der Waals surface area contributed by atoms with Crippen LogP contribution in [-0.4, -0.2) is 103 Å². The molecule has 30 heavy (non-hydrogen) atoms. The fourth-order valence-electron chi connectivity index (χ4n) is 1.61. The normalized spacial score (nSPS) is 8.10. The van der Waals surface area contributed by atoms with Gasteiger partial charge in [-0.2, -0.15) is 0 Å². The van der Waals surface area contributed by atoms with Crippen molar-refractivity contribution in [1.29, 1.82) is 0 Å². The molecule has 3 N–H and O–H groups in total. The molecular weight excluding hydrogens is 441 g/mol. The first-order valence-electron chi connectivity index (χ1n) is 8.70. The Hall–Kier alpha value is -0.983. The third-order valence-corrected chi connectivity index (χ3v) is 2.63. The van der Waals surface area contributed by atoms with E-state index in [0.29, 0.717) is 19.3 Å². The third kappa shape index (κ3) is 45.6. The number of ketones is 3. The molecule has 0 aromatic carbocycles. The predicted octanol–water partition coefficient (Wildman–Crippen LogP) is 1.35. The number of carbonyl (C=O) groups excluding carboxylic acids is 3. The van der Waals surface area contributed by atoms with Crippen molar-refractivity contribution in [3.8, 4) is 0 Å². The molecule has 0 fully saturated rings. The first-order valence-corrected chi connectivity index (χ1v) is 8.70. The predicted molar refractivity (Wildman–Crippen MR) is 114 cm³/mol. The molecule has 0 saturated carbocycles. The molecule has 0 bridgehead atoms. The van der Waals surface area contributed by atoms with E-state index in [1.807, 2.05) is 20.8 Å². The molecule has 0 saturated heterocycles. The van der Waals surface area contributed by atoms with E-state index in [1.165, 1.54) is 0 Å². The fraction of sp³-hybridized carbons (Fsp3) is 0.667. The van der Waals surface area contributed by atoms with Crippen molar-refractivity contribution in [3.05, 3.63) is 0 Å². The van der Waals surface area contributed by atoms with Gasteiger partial charge >= 0.3 is 70.0 Å². The molecule has 0 aromatic rings. The summed E-state index contributed by atoms with van der Waals surface area (Å²) in [5.41, 5.74) is 0. The van der Waals surface area contributed by atoms with Gasteiger partial charge in [-0.15, -0.1) is 0 Å². The van der Waals surface area contributed by atoms with Crippen LogP contribution < -0.4 is 0 Å². The Kier molecular flexibility index (Phi) is 43.3. The Morgan fingerprint density at radius 1 is 0.467 bits per heavy atom. The summed E-state index contributed by atoms with van der Waals surface area (Å²) >= 11 is 0.